The standard InChI is InChI=1S/C20H16ClF3N4O2/c1-12-9-14(13(2)27(12)19-6-4-3-5-17(19)21)11-25-26-18-8-7-15(28(29)30)10-16(18)20(22,23)24/h3-11,26H,1-2H3/b25-11+. The average Bonchev–Trinajstić information content (AvgIpc) is 2.95. The number of nitrogens with one attached hydrogen (secondary N) is 1. The molecular formula is C20H16ClF3N4O2. The van der Waals surface area contributed by atoms with Crippen LogP contribution < -0.4 is 5.43 Å². The molecule has 156 valence electrons. The molecular weight excluding hydrogens is 421 g/mol. The van der Waals surface area contributed by atoms with Crippen molar-refractivity contribution < 1.29 is 18.1 Å². The van der Waals surface area contributed by atoms with Crippen molar-refractivity contribution in [1.82, 2.24) is 4.57 Å². The molecule has 0 atom stereocenters. The summed E-state index contributed by atoms with van der Waals surface area (Å²) in [6.07, 6.45) is -3.39. The Kier molecular flexibility index (Phi) is 5.84. The number of aromatic nitrogens is 1. The van der Waals surface area contributed by atoms with Crippen LogP contribution in [0.4, 0.5) is 24.5 Å². The molecule has 1 aromatic heterocycles. The average molecular weight is 437 g/mol. The number of benzene rings is 2. The molecule has 0 saturated heterocycles. The van der Waals surface area contributed by atoms with Crippen LogP contribution in [0.15, 0.2) is 53.6 Å². The smallest absolute Gasteiger partial charge is 0.316 e. The van der Waals surface area contributed by atoms with Gasteiger partial charge in [-0.1, -0.05) is 23.7 Å². The lowest BCUT2D eigenvalue weighted by Crippen LogP contribution is -2.09. The van der Waals surface area contributed by atoms with Crippen LogP contribution in [0.3, 0.4) is 0 Å². The molecule has 3 aromatic rings. The molecule has 2 aromatic carbocycles. The first-order chi connectivity index (χ1) is 14.1. The van der Waals surface area contributed by atoms with E-state index in [9.17, 15) is 23.3 Å². The SMILES string of the molecule is Cc1cc(/C=N/Nc2ccc([N+](=O)[O-])cc2C(F)(F)F)c(C)n1-c1ccccc1Cl. The summed E-state index contributed by atoms with van der Waals surface area (Å²) in [4.78, 5) is 9.90. The second kappa shape index (κ2) is 8.19. The van der Waals surface area contributed by atoms with E-state index in [2.05, 4.69) is 10.5 Å². The first-order valence-electron chi connectivity index (χ1n) is 8.68. The molecule has 0 fully saturated rings. The summed E-state index contributed by atoms with van der Waals surface area (Å²) in [5, 5.41) is 15.2. The van der Waals surface area contributed by atoms with Crippen molar-refractivity contribution in [2.24, 2.45) is 5.10 Å². The molecule has 0 aliphatic heterocycles. The van der Waals surface area contributed by atoms with Gasteiger partial charge in [0.2, 0.25) is 0 Å². The molecule has 0 spiro atoms. The van der Waals surface area contributed by atoms with Gasteiger partial charge in [0, 0.05) is 29.1 Å². The van der Waals surface area contributed by atoms with Crippen LogP contribution in [0, 0.1) is 24.0 Å². The minimum atomic E-state index is -4.77. The van der Waals surface area contributed by atoms with Gasteiger partial charge in [-0.15, -0.1) is 0 Å². The van der Waals surface area contributed by atoms with Crippen molar-refractivity contribution >= 4 is 29.2 Å². The van der Waals surface area contributed by atoms with Crippen LogP contribution in [0.2, 0.25) is 5.02 Å². The molecule has 0 aliphatic rings. The minimum absolute atomic E-state index is 0.385. The topological polar surface area (TPSA) is 72.5 Å². The fraction of sp³-hybridized carbons (Fsp3) is 0.150. The number of hydrogen-bond donors (Lipinski definition) is 1. The summed E-state index contributed by atoms with van der Waals surface area (Å²) in [7, 11) is 0. The number of rotatable bonds is 5. The highest BCUT2D eigenvalue weighted by molar-refractivity contribution is 6.32. The zero-order chi connectivity index (χ0) is 22.1. The number of para-hydroxylation sites is 1. The van der Waals surface area contributed by atoms with Gasteiger partial charge < -0.3 is 4.57 Å². The number of halogens is 4. The molecule has 1 heterocycles. The van der Waals surface area contributed by atoms with E-state index in [-0.39, 0.29) is 5.69 Å². The second-order valence-corrected chi connectivity index (χ2v) is 6.88. The van der Waals surface area contributed by atoms with Crippen molar-refractivity contribution in [3.8, 4) is 5.69 Å². The number of alkyl halides is 3. The Morgan fingerprint density at radius 3 is 2.50 bits per heavy atom. The van der Waals surface area contributed by atoms with E-state index in [1.165, 1.54) is 6.21 Å². The molecule has 30 heavy (non-hydrogen) atoms. The summed E-state index contributed by atoms with van der Waals surface area (Å²) in [6, 6.07) is 11.5. The Hall–Kier alpha value is -3.33. The monoisotopic (exact) mass is 436 g/mol. The number of aryl methyl sites for hydroxylation is 1. The molecule has 10 heteroatoms. The molecule has 6 nitrogen and oxygen atoms in total. The quantitative estimate of drug-likeness (QED) is 0.297. The summed E-state index contributed by atoms with van der Waals surface area (Å²) in [6.45, 7) is 3.71. The van der Waals surface area contributed by atoms with E-state index >= 15 is 0 Å². The molecule has 0 amide bonds. The third kappa shape index (κ3) is 4.30. The molecule has 0 unspecified atom stereocenters. The maximum atomic E-state index is 13.3. The lowest BCUT2D eigenvalue weighted by Gasteiger charge is -2.12. The lowest BCUT2D eigenvalue weighted by molar-refractivity contribution is -0.385. The number of hydrazone groups is 1. The predicted molar refractivity (Wildman–Crippen MR) is 110 cm³/mol. The van der Waals surface area contributed by atoms with Crippen molar-refractivity contribution in [2.45, 2.75) is 20.0 Å². The summed E-state index contributed by atoms with van der Waals surface area (Å²) < 4.78 is 41.7. The van der Waals surface area contributed by atoms with Gasteiger partial charge in [0.25, 0.3) is 5.69 Å². The van der Waals surface area contributed by atoms with Crippen molar-refractivity contribution in [3.63, 3.8) is 0 Å². The fourth-order valence-electron chi connectivity index (χ4n) is 3.07. The van der Waals surface area contributed by atoms with Crippen LogP contribution in [0.25, 0.3) is 5.69 Å². The highest BCUT2D eigenvalue weighted by atomic mass is 35.5. The van der Waals surface area contributed by atoms with E-state index in [1.54, 1.807) is 6.07 Å². The molecule has 0 aliphatic carbocycles. The Morgan fingerprint density at radius 1 is 1.17 bits per heavy atom. The summed E-state index contributed by atoms with van der Waals surface area (Å²) in [5.41, 5.74) is 3.24. The van der Waals surface area contributed by atoms with E-state index < -0.39 is 22.4 Å². The summed E-state index contributed by atoms with van der Waals surface area (Å²) >= 11 is 6.27. The molecule has 0 saturated carbocycles. The van der Waals surface area contributed by atoms with E-state index in [1.807, 2.05) is 42.7 Å². The Balaban J connectivity index is 1.91. The molecule has 1 N–H and O–H groups in total. The van der Waals surface area contributed by atoms with Gasteiger partial charge in [0.05, 0.1) is 33.1 Å². The molecule has 0 radical (unpaired) electrons. The largest absolute Gasteiger partial charge is 0.418 e. The van der Waals surface area contributed by atoms with Crippen LogP contribution in [0.1, 0.15) is 22.5 Å². The molecule has 0 bridgehead atoms. The third-order valence-corrected chi connectivity index (χ3v) is 4.79. The van der Waals surface area contributed by atoms with Crippen molar-refractivity contribution in [2.75, 3.05) is 5.43 Å². The number of hydrogen-bond acceptors (Lipinski definition) is 4. The first-order valence-corrected chi connectivity index (χ1v) is 9.06. The predicted octanol–water partition coefficient (Wildman–Crippen LogP) is 6.12. The fourth-order valence-corrected chi connectivity index (χ4v) is 3.29. The van der Waals surface area contributed by atoms with Gasteiger partial charge in [-0.2, -0.15) is 18.3 Å². The van der Waals surface area contributed by atoms with Crippen LogP contribution >= 0.6 is 11.6 Å². The lowest BCUT2D eigenvalue weighted by atomic mass is 10.1. The number of non-ortho nitro benzene ring substituents is 1. The van der Waals surface area contributed by atoms with Gasteiger partial charge in [-0.05, 0) is 38.1 Å². The normalized spacial score (nSPS) is 11.8. The van der Waals surface area contributed by atoms with Crippen molar-refractivity contribution in [3.05, 3.63) is 86.2 Å². The number of anilines is 1. The van der Waals surface area contributed by atoms with Gasteiger partial charge >= 0.3 is 6.18 Å². The van der Waals surface area contributed by atoms with Gasteiger partial charge in [0.15, 0.2) is 0 Å². The Bertz CT molecular complexity index is 1140. The van der Waals surface area contributed by atoms with Gasteiger partial charge in [0.1, 0.15) is 0 Å². The molecule has 3 rings (SSSR count). The number of nitro groups is 1. The number of nitrogens with zero attached hydrogens (tertiary/aromatic N) is 3. The summed E-state index contributed by atoms with van der Waals surface area (Å²) in [5.74, 6) is 0. The van der Waals surface area contributed by atoms with Gasteiger partial charge in [-0.25, -0.2) is 0 Å². The van der Waals surface area contributed by atoms with Crippen LogP contribution in [-0.4, -0.2) is 15.7 Å². The minimum Gasteiger partial charge on any atom is -0.316 e. The zero-order valence-corrected chi connectivity index (χ0v) is 16.6. The van der Waals surface area contributed by atoms with Crippen LogP contribution in [0.5, 0.6) is 0 Å². The maximum Gasteiger partial charge on any atom is 0.418 e. The first kappa shape index (κ1) is 21.4. The highest BCUT2D eigenvalue weighted by Gasteiger charge is 2.35. The van der Waals surface area contributed by atoms with E-state index in [4.69, 9.17) is 11.6 Å². The Labute approximate surface area is 174 Å². The maximum absolute atomic E-state index is 13.3. The van der Waals surface area contributed by atoms with Crippen LogP contribution in [-0.2, 0) is 6.18 Å². The number of nitro benzene ring substituents is 1. The van der Waals surface area contributed by atoms with E-state index in [0.717, 1.165) is 29.2 Å². The third-order valence-electron chi connectivity index (χ3n) is 4.47. The van der Waals surface area contributed by atoms with Crippen molar-refractivity contribution in [1.29, 1.82) is 0 Å². The van der Waals surface area contributed by atoms with E-state index in [0.29, 0.717) is 16.7 Å². The Morgan fingerprint density at radius 2 is 1.87 bits per heavy atom. The highest BCUT2D eigenvalue weighted by Crippen LogP contribution is 2.37. The second-order valence-electron chi connectivity index (χ2n) is 6.47. The zero-order valence-electron chi connectivity index (χ0n) is 15.9. The van der Waals surface area contributed by atoms with Gasteiger partial charge in [-0.3, -0.25) is 15.5 Å².